The molecule has 1 amide bonds. The fourth-order valence-electron chi connectivity index (χ4n) is 3.01. The smallest absolute Gasteiger partial charge is 0.341 e. The number of benzene rings is 1. The molecule has 0 aliphatic carbocycles. The first-order valence-electron chi connectivity index (χ1n) is 8.95. The van der Waals surface area contributed by atoms with Gasteiger partial charge in [-0.2, -0.15) is 0 Å². The van der Waals surface area contributed by atoms with Gasteiger partial charge in [0.2, 0.25) is 0 Å². The molecule has 0 spiro atoms. The van der Waals surface area contributed by atoms with E-state index in [1.54, 1.807) is 30.3 Å². The third kappa shape index (κ3) is 4.75. The molecule has 2 heterocycles. The van der Waals surface area contributed by atoms with Gasteiger partial charge >= 0.3 is 5.97 Å². The SMILES string of the molecule is COc1ccc(N2CCN(C(=O)COC(=O)c3cccnc3SC)CC2)cc1. The molecule has 1 fully saturated rings. The Hall–Kier alpha value is -2.74. The van der Waals surface area contributed by atoms with Crippen LogP contribution in [0, 0.1) is 0 Å². The van der Waals surface area contributed by atoms with Crippen LogP contribution in [0.1, 0.15) is 10.4 Å². The number of aromatic nitrogens is 1. The van der Waals surface area contributed by atoms with E-state index >= 15 is 0 Å². The number of pyridine rings is 1. The zero-order valence-electron chi connectivity index (χ0n) is 16.0. The summed E-state index contributed by atoms with van der Waals surface area (Å²) in [5.74, 6) is 0.109. The van der Waals surface area contributed by atoms with Crippen LogP contribution in [-0.4, -0.2) is 67.9 Å². The van der Waals surface area contributed by atoms with Gasteiger partial charge in [-0.05, 0) is 42.7 Å². The van der Waals surface area contributed by atoms with Gasteiger partial charge in [0.05, 0.1) is 12.7 Å². The minimum Gasteiger partial charge on any atom is -0.497 e. The Kier molecular flexibility index (Phi) is 6.76. The highest BCUT2D eigenvalue weighted by molar-refractivity contribution is 7.98. The molecule has 0 unspecified atom stereocenters. The first-order valence-corrected chi connectivity index (χ1v) is 10.2. The van der Waals surface area contributed by atoms with Gasteiger partial charge in [-0.25, -0.2) is 9.78 Å². The fraction of sp³-hybridized carbons (Fsp3) is 0.350. The van der Waals surface area contributed by atoms with Crippen molar-refractivity contribution in [1.29, 1.82) is 0 Å². The lowest BCUT2D eigenvalue weighted by molar-refractivity contribution is -0.134. The second kappa shape index (κ2) is 9.45. The van der Waals surface area contributed by atoms with Gasteiger partial charge in [0, 0.05) is 38.1 Å². The summed E-state index contributed by atoms with van der Waals surface area (Å²) in [5.41, 5.74) is 1.48. The van der Waals surface area contributed by atoms with Gasteiger partial charge < -0.3 is 19.3 Å². The number of anilines is 1. The summed E-state index contributed by atoms with van der Waals surface area (Å²) >= 11 is 1.37. The summed E-state index contributed by atoms with van der Waals surface area (Å²) in [4.78, 5) is 32.7. The number of amides is 1. The Bertz CT molecular complexity index is 820. The van der Waals surface area contributed by atoms with Crippen LogP contribution in [0.15, 0.2) is 47.6 Å². The number of piperazine rings is 1. The van der Waals surface area contributed by atoms with Gasteiger partial charge in [-0.1, -0.05) is 0 Å². The molecule has 8 heteroatoms. The summed E-state index contributed by atoms with van der Waals surface area (Å²) in [6.07, 6.45) is 3.46. The van der Waals surface area contributed by atoms with Crippen molar-refractivity contribution in [2.24, 2.45) is 0 Å². The second-order valence-electron chi connectivity index (χ2n) is 6.20. The molecule has 0 bridgehead atoms. The lowest BCUT2D eigenvalue weighted by Crippen LogP contribution is -2.49. The number of hydrogen-bond acceptors (Lipinski definition) is 7. The van der Waals surface area contributed by atoms with Crippen molar-refractivity contribution in [2.45, 2.75) is 5.03 Å². The number of methoxy groups -OCH3 is 1. The normalized spacial score (nSPS) is 13.9. The molecule has 1 saturated heterocycles. The van der Waals surface area contributed by atoms with Crippen molar-refractivity contribution in [3.05, 3.63) is 48.2 Å². The highest BCUT2D eigenvalue weighted by Gasteiger charge is 2.23. The predicted octanol–water partition coefficient (Wildman–Crippen LogP) is 2.32. The molecule has 1 aromatic carbocycles. The monoisotopic (exact) mass is 401 g/mol. The minimum atomic E-state index is -0.525. The van der Waals surface area contributed by atoms with E-state index in [1.165, 1.54) is 11.8 Å². The molecule has 1 aromatic heterocycles. The molecule has 2 aromatic rings. The number of rotatable bonds is 6. The Labute approximate surface area is 168 Å². The molecule has 3 rings (SSSR count). The molecule has 7 nitrogen and oxygen atoms in total. The topological polar surface area (TPSA) is 72.0 Å². The summed E-state index contributed by atoms with van der Waals surface area (Å²) in [5, 5.41) is 0.591. The Morgan fingerprint density at radius 3 is 2.46 bits per heavy atom. The molecular formula is C20H23N3O4S. The highest BCUT2D eigenvalue weighted by atomic mass is 32.2. The molecular weight excluding hydrogens is 378 g/mol. The van der Waals surface area contributed by atoms with Gasteiger partial charge in [0.15, 0.2) is 6.61 Å². The van der Waals surface area contributed by atoms with Crippen LogP contribution in [-0.2, 0) is 9.53 Å². The molecule has 0 saturated carbocycles. The van der Waals surface area contributed by atoms with E-state index in [0.29, 0.717) is 23.7 Å². The molecule has 1 aliphatic heterocycles. The summed E-state index contributed by atoms with van der Waals surface area (Å²) in [6.45, 7) is 2.37. The zero-order chi connectivity index (χ0) is 19.9. The van der Waals surface area contributed by atoms with Crippen molar-refractivity contribution in [3.8, 4) is 5.75 Å². The van der Waals surface area contributed by atoms with Crippen molar-refractivity contribution < 1.29 is 19.1 Å². The van der Waals surface area contributed by atoms with E-state index in [1.807, 2.05) is 30.5 Å². The van der Waals surface area contributed by atoms with Crippen LogP contribution in [0.2, 0.25) is 0 Å². The minimum absolute atomic E-state index is 0.183. The highest BCUT2D eigenvalue weighted by Crippen LogP contribution is 2.21. The number of thioether (sulfide) groups is 1. The zero-order valence-corrected chi connectivity index (χ0v) is 16.8. The largest absolute Gasteiger partial charge is 0.497 e. The third-order valence-corrected chi connectivity index (χ3v) is 5.29. The molecule has 148 valence electrons. The van der Waals surface area contributed by atoms with Crippen LogP contribution in [0.25, 0.3) is 0 Å². The number of ether oxygens (including phenoxy) is 2. The lowest BCUT2D eigenvalue weighted by atomic mass is 10.2. The molecule has 0 N–H and O–H groups in total. The molecule has 28 heavy (non-hydrogen) atoms. The van der Waals surface area contributed by atoms with E-state index < -0.39 is 5.97 Å². The maximum atomic E-state index is 12.4. The number of nitrogens with zero attached hydrogens (tertiary/aromatic N) is 3. The average Bonchev–Trinajstić information content (AvgIpc) is 2.77. The van der Waals surface area contributed by atoms with Gasteiger partial charge in [0.25, 0.3) is 5.91 Å². The van der Waals surface area contributed by atoms with Crippen LogP contribution in [0.5, 0.6) is 5.75 Å². The van der Waals surface area contributed by atoms with Crippen molar-refractivity contribution in [1.82, 2.24) is 9.88 Å². The maximum Gasteiger partial charge on any atom is 0.341 e. The quantitative estimate of drug-likeness (QED) is 0.543. The molecule has 1 aliphatic rings. The summed E-state index contributed by atoms with van der Waals surface area (Å²) in [7, 11) is 1.64. The molecule has 0 atom stereocenters. The number of carbonyl (C=O) groups excluding carboxylic acids is 2. The van der Waals surface area contributed by atoms with Gasteiger partial charge in [0.1, 0.15) is 10.8 Å². The van der Waals surface area contributed by atoms with Crippen LogP contribution in [0.3, 0.4) is 0 Å². The van der Waals surface area contributed by atoms with E-state index in [2.05, 4.69) is 9.88 Å². The van der Waals surface area contributed by atoms with Gasteiger partial charge in [-0.15, -0.1) is 11.8 Å². The van der Waals surface area contributed by atoms with Crippen LogP contribution >= 0.6 is 11.8 Å². The summed E-state index contributed by atoms with van der Waals surface area (Å²) in [6, 6.07) is 11.2. The lowest BCUT2D eigenvalue weighted by Gasteiger charge is -2.36. The van der Waals surface area contributed by atoms with Crippen molar-refractivity contribution in [2.75, 3.05) is 51.1 Å². The maximum absolute atomic E-state index is 12.4. The average molecular weight is 401 g/mol. The van der Waals surface area contributed by atoms with Crippen molar-refractivity contribution >= 4 is 29.3 Å². The Morgan fingerprint density at radius 1 is 1.11 bits per heavy atom. The van der Waals surface area contributed by atoms with E-state index in [0.717, 1.165) is 24.5 Å². The first-order chi connectivity index (χ1) is 13.6. The fourth-order valence-corrected chi connectivity index (χ4v) is 3.55. The van der Waals surface area contributed by atoms with E-state index in [-0.39, 0.29) is 12.5 Å². The van der Waals surface area contributed by atoms with Crippen molar-refractivity contribution in [3.63, 3.8) is 0 Å². The predicted molar refractivity (Wildman–Crippen MR) is 108 cm³/mol. The standard InChI is InChI=1S/C20H23N3O4S/c1-26-16-7-5-15(6-8-16)22-10-12-23(13-11-22)18(24)14-27-20(25)17-4-3-9-21-19(17)28-2/h3-9H,10-14H2,1-2H3. The Morgan fingerprint density at radius 2 is 1.82 bits per heavy atom. The second-order valence-corrected chi connectivity index (χ2v) is 7.00. The summed E-state index contributed by atoms with van der Waals surface area (Å²) < 4.78 is 10.4. The molecule has 0 radical (unpaired) electrons. The van der Waals surface area contributed by atoms with E-state index in [4.69, 9.17) is 9.47 Å². The third-order valence-electron chi connectivity index (χ3n) is 4.58. The van der Waals surface area contributed by atoms with Crippen LogP contribution < -0.4 is 9.64 Å². The first kappa shape index (κ1) is 20.0. The number of carbonyl (C=O) groups is 2. The van der Waals surface area contributed by atoms with Crippen LogP contribution in [0.4, 0.5) is 5.69 Å². The van der Waals surface area contributed by atoms with E-state index in [9.17, 15) is 9.59 Å². The number of esters is 1. The Balaban J connectivity index is 1.49. The number of hydrogen-bond donors (Lipinski definition) is 0. The van der Waals surface area contributed by atoms with Gasteiger partial charge in [-0.3, -0.25) is 4.79 Å².